The Hall–Kier alpha value is -2.55. The van der Waals surface area contributed by atoms with E-state index in [1.165, 1.54) is 16.2 Å². The van der Waals surface area contributed by atoms with Crippen LogP contribution in [0.2, 0.25) is 5.02 Å². The molecule has 0 fully saturated rings. The summed E-state index contributed by atoms with van der Waals surface area (Å²) < 4.78 is 5.75. The number of anilines is 1. The number of carbonyl (C=O) groups excluding carboxylic acids is 1. The molecular formula is C24H23ClN2O2S. The fraction of sp³-hybridized carbons (Fsp3) is 0.333. The van der Waals surface area contributed by atoms with Crippen LogP contribution < -0.4 is 5.32 Å². The van der Waals surface area contributed by atoms with Crippen molar-refractivity contribution in [3.05, 3.63) is 63.2 Å². The monoisotopic (exact) mass is 438 g/mol. The maximum Gasteiger partial charge on any atom is 0.292 e. The molecule has 6 heteroatoms. The number of amides is 1. The lowest BCUT2D eigenvalue weighted by Gasteiger charge is -2.33. The Labute approximate surface area is 185 Å². The molecule has 1 aliphatic rings. The van der Waals surface area contributed by atoms with Gasteiger partial charge in [0.05, 0.1) is 5.56 Å². The van der Waals surface area contributed by atoms with E-state index in [-0.39, 0.29) is 17.1 Å². The van der Waals surface area contributed by atoms with Crippen LogP contribution in [-0.2, 0) is 12.8 Å². The SMILES string of the molecule is CC(C)(C)[C@@H]1CCc2c(sc(NC(=O)c3ccc(-c4ccc(Cl)cc4)o3)c2C#N)C1. The summed E-state index contributed by atoms with van der Waals surface area (Å²) in [5.41, 5.74) is 2.76. The average molecular weight is 439 g/mol. The van der Waals surface area contributed by atoms with Gasteiger partial charge >= 0.3 is 0 Å². The van der Waals surface area contributed by atoms with Crippen molar-refractivity contribution in [1.29, 1.82) is 5.26 Å². The van der Waals surface area contributed by atoms with Gasteiger partial charge in [-0.25, -0.2) is 0 Å². The van der Waals surface area contributed by atoms with Crippen LogP contribution in [0.1, 0.15) is 53.8 Å². The predicted molar refractivity (Wildman–Crippen MR) is 121 cm³/mol. The molecule has 0 saturated heterocycles. The molecular weight excluding hydrogens is 416 g/mol. The van der Waals surface area contributed by atoms with Crippen molar-refractivity contribution in [3.63, 3.8) is 0 Å². The lowest BCUT2D eigenvalue weighted by atomic mass is 9.72. The fourth-order valence-corrected chi connectivity index (χ4v) is 5.32. The van der Waals surface area contributed by atoms with Crippen molar-refractivity contribution in [1.82, 2.24) is 0 Å². The van der Waals surface area contributed by atoms with E-state index < -0.39 is 0 Å². The van der Waals surface area contributed by atoms with Gasteiger partial charge in [0.25, 0.3) is 5.91 Å². The van der Waals surface area contributed by atoms with Crippen LogP contribution in [0.5, 0.6) is 0 Å². The number of nitrogens with one attached hydrogen (secondary N) is 1. The highest BCUT2D eigenvalue weighted by Gasteiger charge is 2.32. The maximum atomic E-state index is 12.8. The normalized spacial score (nSPS) is 16.0. The first-order valence-electron chi connectivity index (χ1n) is 9.98. The number of hydrogen-bond donors (Lipinski definition) is 1. The van der Waals surface area contributed by atoms with Crippen molar-refractivity contribution in [2.45, 2.75) is 40.0 Å². The third kappa shape index (κ3) is 4.03. The molecule has 1 atom stereocenters. The summed E-state index contributed by atoms with van der Waals surface area (Å²) >= 11 is 7.45. The third-order valence-electron chi connectivity index (χ3n) is 5.79. The Balaban J connectivity index is 1.55. The molecule has 1 aliphatic carbocycles. The number of fused-ring (bicyclic) bond motifs is 1. The molecule has 0 saturated carbocycles. The fourth-order valence-electron chi connectivity index (χ4n) is 3.93. The van der Waals surface area contributed by atoms with Crippen molar-refractivity contribution < 1.29 is 9.21 Å². The van der Waals surface area contributed by atoms with Gasteiger partial charge in [-0.3, -0.25) is 4.79 Å². The molecule has 1 amide bonds. The molecule has 0 aliphatic heterocycles. The van der Waals surface area contributed by atoms with Crippen LogP contribution in [0.25, 0.3) is 11.3 Å². The van der Waals surface area contributed by atoms with Crippen LogP contribution in [0.15, 0.2) is 40.8 Å². The van der Waals surface area contributed by atoms with Crippen LogP contribution in [0.4, 0.5) is 5.00 Å². The largest absolute Gasteiger partial charge is 0.451 e. The van der Waals surface area contributed by atoms with E-state index in [2.05, 4.69) is 32.2 Å². The van der Waals surface area contributed by atoms with Gasteiger partial charge < -0.3 is 9.73 Å². The van der Waals surface area contributed by atoms with Crippen molar-refractivity contribution >= 4 is 33.8 Å². The minimum absolute atomic E-state index is 0.211. The molecule has 4 nitrogen and oxygen atoms in total. The van der Waals surface area contributed by atoms with E-state index in [9.17, 15) is 10.1 Å². The zero-order valence-corrected chi connectivity index (χ0v) is 18.8. The number of carbonyl (C=O) groups is 1. The zero-order valence-electron chi connectivity index (χ0n) is 17.2. The van der Waals surface area contributed by atoms with Gasteiger partial charge in [0.2, 0.25) is 0 Å². The summed E-state index contributed by atoms with van der Waals surface area (Å²) in [6.45, 7) is 6.79. The molecule has 2 heterocycles. The summed E-state index contributed by atoms with van der Waals surface area (Å²) in [6.07, 6.45) is 2.90. The molecule has 0 spiro atoms. The van der Waals surface area contributed by atoms with Gasteiger partial charge in [0.15, 0.2) is 5.76 Å². The van der Waals surface area contributed by atoms with E-state index in [0.29, 0.717) is 27.3 Å². The number of hydrogen-bond acceptors (Lipinski definition) is 4. The van der Waals surface area contributed by atoms with Gasteiger partial charge in [-0.05, 0) is 72.6 Å². The predicted octanol–water partition coefficient (Wildman–Crippen LogP) is 6.94. The quantitative estimate of drug-likeness (QED) is 0.481. The zero-order chi connectivity index (χ0) is 21.5. The topological polar surface area (TPSA) is 66.0 Å². The standard InChI is InChI=1S/C24H23ClN2O2S/c1-24(2,3)15-6-9-17-18(13-26)23(30-21(17)12-15)27-22(28)20-11-10-19(29-20)14-4-7-16(25)8-5-14/h4-5,7-8,10-11,15H,6,9,12H2,1-3H3,(H,27,28)/t15-/m1/s1. The van der Waals surface area contributed by atoms with Crippen LogP contribution in [0, 0.1) is 22.7 Å². The molecule has 0 unspecified atom stereocenters. The first kappa shape index (κ1) is 20.7. The molecule has 0 radical (unpaired) electrons. The first-order valence-corrected chi connectivity index (χ1v) is 11.2. The van der Waals surface area contributed by atoms with E-state index in [1.807, 2.05) is 12.1 Å². The van der Waals surface area contributed by atoms with Crippen LogP contribution in [0.3, 0.4) is 0 Å². The minimum atomic E-state index is -0.349. The number of thiophene rings is 1. The van der Waals surface area contributed by atoms with Crippen LogP contribution in [-0.4, -0.2) is 5.91 Å². The molecule has 1 aromatic carbocycles. The van der Waals surface area contributed by atoms with Crippen LogP contribution >= 0.6 is 22.9 Å². The Morgan fingerprint density at radius 2 is 1.97 bits per heavy atom. The number of furan rings is 1. The lowest BCUT2D eigenvalue weighted by molar-refractivity contribution is 0.0998. The summed E-state index contributed by atoms with van der Waals surface area (Å²) in [7, 11) is 0. The number of halogens is 1. The summed E-state index contributed by atoms with van der Waals surface area (Å²) in [5.74, 6) is 1.03. The Bertz CT molecular complexity index is 1130. The molecule has 1 N–H and O–H groups in total. The first-order chi connectivity index (χ1) is 14.3. The molecule has 2 aromatic heterocycles. The minimum Gasteiger partial charge on any atom is -0.451 e. The van der Waals surface area contributed by atoms with Gasteiger partial charge in [-0.2, -0.15) is 5.26 Å². The highest BCUT2D eigenvalue weighted by atomic mass is 35.5. The maximum absolute atomic E-state index is 12.8. The van der Waals surface area contributed by atoms with E-state index in [0.717, 1.165) is 30.4 Å². The smallest absolute Gasteiger partial charge is 0.292 e. The Morgan fingerprint density at radius 3 is 2.63 bits per heavy atom. The highest BCUT2D eigenvalue weighted by molar-refractivity contribution is 7.16. The van der Waals surface area contributed by atoms with Crippen molar-refractivity contribution in [2.75, 3.05) is 5.32 Å². The van der Waals surface area contributed by atoms with E-state index in [4.69, 9.17) is 16.0 Å². The van der Waals surface area contributed by atoms with Crippen molar-refractivity contribution in [2.24, 2.45) is 11.3 Å². The van der Waals surface area contributed by atoms with E-state index in [1.54, 1.807) is 24.3 Å². The number of nitrogens with zero attached hydrogens (tertiary/aromatic N) is 1. The molecule has 4 rings (SSSR count). The number of benzene rings is 1. The van der Waals surface area contributed by atoms with Gasteiger partial charge in [0, 0.05) is 15.5 Å². The Kier molecular flexibility index (Phi) is 5.48. The van der Waals surface area contributed by atoms with Gasteiger partial charge in [-0.1, -0.05) is 32.4 Å². The number of nitriles is 1. The average Bonchev–Trinajstić information content (AvgIpc) is 3.31. The Morgan fingerprint density at radius 1 is 1.23 bits per heavy atom. The summed E-state index contributed by atoms with van der Waals surface area (Å²) in [5, 5.41) is 13.9. The lowest BCUT2D eigenvalue weighted by Crippen LogP contribution is -2.26. The second kappa shape index (κ2) is 7.94. The van der Waals surface area contributed by atoms with Gasteiger partial charge in [0.1, 0.15) is 16.8 Å². The number of rotatable bonds is 3. The third-order valence-corrected chi connectivity index (χ3v) is 7.21. The van der Waals surface area contributed by atoms with Gasteiger partial charge in [-0.15, -0.1) is 11.3 Å². The van der Waals surface area contributed by atoms with E-state index >= 15 is 0 Å². The molecule has 30 heavy (non-hydrogen) atoms. The molecule has 0 bridgehead atoms. The van der Waals surface area contributed by atoms with Crippen molar-refractivity contribution in [3.8, 4) is 17.4 Å². The summed E-state index contributed by atoms with van der Waals surface area (Å²) in [4.78, 5) is 14.0. The second-order valence-electron chi connectivity index (χ2n) is 8.75. The second-order valence-corrected chi connectivity index (χ2v) is 10.3. The highest BCUT2D eigenvalue weighted by Crippen LogP contribution is 2.44. The summed E-state index contributed by atoms with van der Waals surface area (Å²) in [6, 6.07) is 13.0. The molecule has 154 valence electrons. The molecule has 3 aromatic rings.